The highest BCUT2D eigenvalue weighted by molar-refractivity contribution is 6.04. The summed E-state index contributed by atoms with van der Waals surface area (Å²) in [5.74, 6) is 3.61. The quantitative estimate of drug-likeness (QED) is 0.642. The summed E-state index contributed by atoms with van der Waals surface area (Å²) in [6.07, 6.45) is 7.60. The summed E-state index contributed by atoms with van der Waals surface area (Å²) >= 11 is 0. The summed E-state index contributed by atoms with van der Waals surface area (Å²) in [6.45, 7) is 10.5. The Hall–Kier alpha value is -2.05. The second kappa shape index (κ2) is 8.02. The van der Waals surface area contributed by atoms with Crippen LogP contribution in [-0.2, 0) is 9.53 Å². The maximum Gasteiger partial charge on any atom is 0.230 e. The maximum atomic E-state index is 13.0. The largest absolute Gasteiger partial charge is 0.494 e. The average Bonchev–Trinajstić information content (AvgIpc) is 3.43. The molecule has 6 nitrogen and oxygen atoms in total. The maximum absolute atomic E-state index is 13.0. The lowest BCUT2D eigenvalue weighted by Crippen LogP contribution is -2.60. The summed E-state index contributed by atoms with van der Waals surface area (Å²) in [4.78, 5) is 18.9. The third kappa shape index (κ3) is 3.85. The molecule has 3 atom stereocenters. The van der Waals surface area contributed by atoms with Crippen LogP contribution in [0.2, 0.25) is 0 Å². The van der Waals surface area contributed by atoms with Crippen molar-refractivity contribution in [3.05, 3.63) is 24.4 Å². The Morgan fingerprint density at radius 3 is 2.67 bits per heavy atom. The molecule has 2 saturated heterocycles. The topological polar surface area (TPSA) is 66.6 Å². The molecule has 4 fully saturated rings. The summed E-state index contributed by atoms with van der Waals surface area (Å²) in [5.41, 5.74) is 1.83. The number of likely N-dealkylation sites (tertiary alicyclic amines) is 1. The van der Waals surface area contributed by atoms with E-state index in [4.69, 9.17) is 9.47 Å². The van der Waals surface area contributed by atoms with Gasteiger partial charge in [-0.05, 0) is 74.6 Å². The van der Waals surface area contributed by atoms with Gasteiger partial charge in [0.1, 0.15) is 5.75 Å². The molecule has 0 radical (unpaired) electrons. The minimum Gasteiger partial charge on any atom is -0.494 e. The molecular formula is C27H37N3O3. The third-order valence-electron chi connectivity index (χ3n) is 8.96. The summed E-state index contributed by atoms with van der Waals surface area (Å²) < 4.78 is 11.5. The number of H-pyrrole nitrogens is 1. The number of rotatable bonds is 7. The molecule has 2 aromatic rings. The number of anilines is 1. The molecule has 178 valence electrons. The van der Waals surface area contributed by atoms with Gasteiger partial charge >= 0.3 is 0 Å². The van der Waals surface area contributed by atoms with Crippen molar-refractivity contribution in [2.45, 2.75) is 46.0 Å². The van der Waals surface area contributed by atoms with E-state index >= 15 is 0 Å². The SMILES string of the molecule is CCN1C[C@H]2CC(CCOc3ccc4[nH]cc(NC(=O)C5(C)CC6(COC6)C5)c4c3)C[C@H]2C1. The smallest absolute Gasteiger partial charge is 0.230 e. The Morgan fingerprint density at radius 1 is 1.24 bits per heavy atom. The highest BCUT2D eigenvalue weighted by atomic mass is 16.5. The molecule has 6 heteroatoms. The lowest BCUT2D eigenvalue weighted by atomic mass is 9.52. The van der Waals surface area contributed by atoms with Crippen molar-refractivity contribution < 1.29 is 14.3 Å². The Balaban J connectivity index is 1.04. The minimum atomic E-state index is -0.296. The molecule has 2 aliphatic carbocycles. The number of nitrogens with one attached hydrogen (secondary N) is 2. The van der Waals surface area contributed by atoms with E-state index < -0.39 is 0 Å². The third-order valence-corrected chi connectivity index (χ3v) is 8.96. The molecular weight excluding hydrogens is 414 g/mol. The fourth-order valence-corrected chi connectivity index (χ4v) is 7.28. The molecule has 33 heavy (non-hydrogen) atoms. The van der Waals surface area contributed by atoms with Gasteiger partial charge in [-0.15, -0.1) is 0 Å². The van der Waals surface area contributed by atoms with E-state index in [9.17, 15) is 4.79 Å². The van der Waals surface area contributed by atoms with Crippen molar-refractivity contribution >= 4 is 22.5 Å². The van der Waals surface area contributed by atoms with Crippen LogP contribution in [0.1, 0.15) is 46.0 Å². The molecule has 1 aromatic heterocycles. The Labute approximate surface area is 196 Å². The first-order valence-electron chi connectivity index (χ1n) is 12.8. The van der Waals surface area contributed by atoms with Crippen molar-refractivity contribution in [2.24, 2.45) is 28.6 Å². The fourth-order valence-electron chi connectivity index (χ4n) is 7.28. The van der Waals surface area contributed by atoms with Crippen molar-refractivity contribution in [1.82, 2.24) is 9.88 Å². The number of nitrogens with zero attached hydrogens (tertiary/aromatic N) is 1. The number of benzene rings is 1. The first-order chi connectivity index (χ1) is 16.0. The summed E-state index contributed by atoms with van der Waals surface area (Å²) in [6, 6.07) is 6.14. The van der Waals surface area contributed by atoms with Crippen molar-refractivity contribution in [2.75, 3.05) is 44.8 Å². The molecule has 1 unspecified atom stereocenters. The molecule has 2 N–H and O–H groups in total. The first-order valence-corrected chi connectivity index (χ1v) is 12.8. The molecule has 1 amide bonds. The number of aromatic amines is 1. The standard InChI is InChI=1S/C27H37N3O3/c1-3-30-12-19-8-18(9-20(19)13-30)6-7-33-21-4-5-23-22(10-21)24(11-28-23)29-25(31)26(2)14-27(15-26)16-32-17-27/h4-5,10-11,18-20,28H,3,6-9,12-17H2,1-2H3,(H,29,31)/t18?,19-,20+. The number of ether oxygens (including phenoxy) is 2. The van der Waals surface area contributed by atoms with Gasteiger partial charge in [0.2, 0.25) is 5.91 Å². The Morgan fingerprint density at radius 2 is 2.00 bits per heavy atom. The van der Waals surface area contributed by atoms with Crippen LogP contribution < -0.4 is 10.1 Å². The normalized spacial score (nSPS) is 29.6. The van der Waals surface area contributed by atoms with E-state index in [-0.39, 0.29) is 16.7 Å². The van der Waals surface area contributed by atoms with Crippen LogP contribution in [0.5, 0.6) is 5.75 Å². The zero-order valence-corrected chi connectivity index (χ0v) is 20.0. The van der Waals surface area contributed by atoms with E-state index in [1.165, 1.54) is 32.5 Å². The number of carbonyl (C=O) groups excluding carboxylic acids is 1. The molecule has 6 rings (SSSR count). The molecule has 0 bridgehead atoms. The van der Waals surface area contributed by atoms with Gasteiger partial charge in [0.05, 0.1) is 25.5 Å². The lowest BCUT2D eigenvalue weighted by Gasteiger charge is -2.58. The highest BCUT2D eigenvalue weighted by Crippen LogP contribution is 2.58. The number of carbonyl (C=O) groups is 1. The highest BCUT2D eigenvalue weighted by Gasteiger charge is 2.59. The fraction of sp³-hybridized carbons (Fsp3) is 0.667. The number of amides is 1. The van der Waals surface area contributed by atoms with Crippen molar-refractivity contribution in [1.29, 1.82) is 0 Å². The summed E-state index contributed by atoms with van der Waals surface area (Å²) in [7, 11) is 0. The zero-order chi connectivity index (χ0) is 22.6. The number of aromatic nitrogens is 1. The van der Waals surface area contributed by atoms with E-state index in [0.717, 1.165) is 79.2 Å². The zero-order valence-electron chi connectivity index (χ0n) is 20.0. The molecule has 2 aliphatic heterocycles. The van der Waals surface area contributed by atoms with Gasteiger partial charge < -0.3 is 24.7 Å². The molecule has 1 spiro atoms. The second-order valence-electron chi connectivity index (χ2n) is 11.6. The first kappa shape index (κ1) is 21.5. The molecule has 2 saturated carbocycles. The predicted molar refractivity (Wildman–Crippen MR) is 129 cm³/mol. The number of hydrogen-bond donors (Lipinski definition) is 2. The Kier molecular flexibility index (Phi) is 5.22. The van der Waals surface area contributed by atoms with Crippen LogP contribution in [0.3, 0.4) is 0 Å². The minimum absolute atomic E-state index is 0.112. The summed E-state index contributed by atoms with van der Waals surface area (Å²) in [5, 5.41) is 4.20. The van der Waals surface area contributed by atoms with Crippen molar-refractivity contribution in [3.63, 3.8) is 0 Å². The van der Waals surface area contributed by atoms with E-state index in [2.05, 4.69) is 35.1 Å². The Bertz CT molecular complexity index is 1020. The van der Waals surface area contributed by atoms with Crippen molar-refractivity contribution in [3.8, 4) is 5.75 Å². The van der Waals surface area contributed by atoms with Gasteiger partial charge in [-0.25, -0.2) is 0 Å². The van der Waals surface area contributed by atoms with E-state index in [1.807, 2.05) is 18.3 Å². The van der Waals surface area contributed by atoms with Crippen LogP contribution in [0.25, 0.3) is 10.9 Å². The van der Waals surface area contributed by atoms with Gasteiger partial charge in [-0.2, -0.15) is 0 Å². The van der Waals surface area contributed by atoms with Gasteiger partial charge in [0.15, 0.2) is 0 Å². The van der Waals surface area contributed by atoms with Gasteiger partial charge in [-0.3, -0.25) is 4.79 Å². The van der Waals surface area contributed by atoms with Gasteiger partial charge in [-0.1, -0.05) is 13.8 Å². The van der Waals surface area contributed by atoms with Gasteiger partial charge in [0, 0.05) is 41.0 Å². The number of hydrogen-bond acceptors (Lipinski definition) is 4. The number of fused-ring (bicyclic) bond motifs is 2. The van der Waals surface area contributed by atoms with Gasteiger partial charge in [0.25, 0.3) is 0 Å². The monoisotopic (exact) mass is 451 g/mol. The van der Waals surface area contributed by atoms with E-state index in [1.54, 1.807) is 0 Å². The van der Waals surface area contributed by atoms with Crippen LogP contribution >= 0.6 is 0 Å². The molecule has 1 aromatic carbocycles. The van der Waals surface area contributed by atoms with E-state index in [0.29, 0.717) is 0 Å². The van der Waals surface area contributed by atoms with Crippen LogP contribution in [0, 0.1) is 28.6 Å². The molecule has 3 heterocycles. The lowest BCUT2D eigenvalue weighted by molar-refractivity contribution is -0.205. The second-order valence-corrected chi connectivity index (χ2v) is 11.6. The molecule has 4 aliphatic rings. The predicted octanol–water partition coefficient (Wildman–Crippen LogP) is 4.67. The van der Waals surface area contributed by atoms with Crippen LogP contribution in [0.4, 0.5) is 5.69 Å². The van der Waals surface area contributed by atoms with Crippen LogP contribution in [-0.4, -0.2) is 55.2 Å². The van der Waals surface area contributed by atoms with Crippen LogP contribution in [0.15, 0.2) is 24.4 Å². The average molecular weight is 452 g/mol.